The lowest BCUT2D eigenvalue weighted by Gasteiger charge is -2.20. The van der Waals surface area contributed by atoms with E-state index in [-0.39, 0.29) is 0 Å². The number of hydrogen-bond donors (Lipinski definition) is 0. The minimum atomic E-state index is -1.42. The van der Waals surface area contributed by atoms with E-state index >= 15 is 4.39 Å². The number of alkyl halides is 1. The van der Waals surface area contributed by atoms with Crippen LogP contribution in [0.25, 0.3) is 27.3 Å². The summed E-state index contributed by atoms with van der Waals surface area (Å²) in [5, 5.41) is 3.23. The van der Waals surface area contributed by atoms with Crippen molar-refractivity contribution in [1.29, 1.82) is 0 Å². The second-order valence-electron chi connectivity index (χ2n) is 8.94. The van der Waals surface area contributed by atoms with Gasteiger partial charge in [0, 0.05) is 27.9 Å². The number of rotatable bonds is 2. The maximum Gasteiger partial charge on any atom is 0.146 e. The maximum atomic E-state index is 15.2. The molecule has 0 atom stereocenters. The normalized spacial score (nSPS) is 16.0. The molecule has 1 aliphatic carbocycles. The highest BCUT2D eigenvalue weighted by Crippen LogP contribution is 2.42. The topological polar surface area (TPSA) is 17.3 Å². The Labute approximate surface area is 165 Å². The molecule has 1 fully saturated rings. The van der Waals surface area contributed by atoms with Crippen LogP contribution in [0, 0.1) is 13.8 Å². The Morgan fingerprint density at radius 1 is 1.04 bits per heavy atom. The maximum absolute atomic E-state index is 15.2. The molecule has 0 unspecified atom stereocenters. The first-order valence-electron chi connectivity index (χ1n) is 10.4. The molecule has 0 bridgehead atoms. The molecule has 28 heavy (non-hydrogen) atoms. The van der Waals surface area contributed by atoms with E-state index in [2.05, 4.69) is 42.5 Å². The van der Waals surface area contributed by atoms with Gasteiger partial charge in [0.25, 0.3) is 0 Å². The van der Waals surface area contributed by atoms with Gasteiger partial charge in [0.1, 0.15) is 11.3 Å². The number of aromatic nitrogens is 2. The van der Waals surface area contributed by atoms with Crippen molar-refractivity contribution in [3.8, 4) is 0 Å². The quantitative estimate of drug-likeness (QED) is 0.341. The van der Waals surface area contributed by atoms with Crippen molar-refractivity contribution >= 4 is 27.3 Å². The molecule has 144 valence electrons. The van der Waals surface area contributed by atoms with Gasteiger partial charge in [0.2, 0.25) is 0 Å². The van der Waals surface area contributed by atoms with Gasteiger partial charge in [-0.25, -0.2) is 9.37 Å². The molecule has 1 aliphatic rings. The fourth-order valence-electron chi connectivity index (χ4n) is 5.20. The number of benzene rings is 2. The zero-order chi connectivity index (χ0) is 19.6. The van der Waals surface area contributed by atoms with Gasteiger partial charge in [-0.1, -0.05) is 43.2 Å². The number of fused-ring (bicyclic) bond motifs is 6. The van der Waals surface area contributed by atoms with Gasteiger partial charge < -0.3 is 0 Å². The van der Waals surface area contributed by atoms with Crippen LogP contribution in [0.15, 0.2) is 36.4 Å². The Bertz CT molecular complexity index is 1220. The van der Waals surface area contributed by atoms with Crippen molar-refractivity contribution in [1.82, 2.24) is 9.38 Å². The molecule has 3 heteroatoms. The summed E-state index contributed by atoms with van der Waals surface area (Å²) in [5.74, 6) is 0.543. The predicted molar refractivity (Wildman–Crippen MR) is 115 cm³/mol. The first kappa shape index (κ1) is 17.7. The van der Waals surface area contributed by atoms with Crippen LogP contribution in [0.3, 0.4) is 0 Å². The van der Waals surface area contributed by atoms with E-state index in [1.807, 2.05) is 12.1 Å². The molecule has 0 amide bonds. The summed E-state index contributed by atoms with van der Waals surface area (Å²) >= 11 is 0. The standard InChI is InChI=1S/C25H27FN2/c1-15-12-13-18-19-10-7-11-20(25(3,4)26)22(19)24-27-16(2)23(17-8-5-6-9-17)28(24)21(18)14-15/h7,10-14,17H,5-6,8-9H2,1-4H3. The monoisotopic (exact) mass is 374 g/mol. The average molecular weight is 375 g/mol. The van der Waals surface area contributed by atoms with Crippen LogP contribution in [-0.2, 0) is 5.67 Å². The van der Waals surface area contributed by atoms with Crippen molar-refractivity contribution in [3.63, 3.8) is 0 Å². The molecule has 0 radical (unpaired) electrons. The summed E-state index contributed by atoms with van der Waals surface area (Å²) in [6.45, 7) is 7.55. The highest BCUT2D eigenvalue weighted by atomic mass is 19.1. The Morgan fingerprint density at radius 3 is 2.50 bits per heavy atom. The fraction of sp³-hybridized carbons (Fsp3) is 0.400. The van der Waals surface area contributed by atoms with Crippen molar-refractivity contribution in [2.24, 2.45) is 0 Å². The van der Waals surface area contributed by atoms with Gasteiger partial charge in [-0.05, 0) is 57.6 Å². The first-order valence-corrected chi connectivity index (χ1v) is 10.4. The van der Waals surface area contributed by atoms with Crippen molar-refractivity contribution < 1.29 is 4.39 Å². The smallest absolute Gasteiger partial charge is 0.146 e. The van der Waals surface area contributed by atoms with Crippen LogP contribution < -0.4 is 0 Å². The van der Waals surface area contributed by atoms with E-state index in [9.17, 15) is 0 Å². The molecule has 1 saturated carbocycles. The van der Waals surface area contributed by atoms with E-state index in [0.717, 1.165) is 27.7 Å². The summed E-state index contributed by atoms with van der Waals surface area (Å²) in [6, 6.07) is 12.6. The van der Waals surface area contributed by atoms with Crippen LogP contribution in [-0.4, -0.2) is 9.38 Å². The second kappa shape index (κ2) is 6.04. The molecule has 2 aromatic carbocycles. The lowest BCUT2D eigenvalue weighted by molar-refractivity contribution is 0.224. The highest BCUT2D eigenvalue weighted by Gasteiger charge is 2.28. The van der Waals surface area contributed by atoms with Crippen molar-refractivity contribution in [2.45, 2.75) is 65.0 Å². The molecular formula is C25H27FN2. The molecule has 2 nitrogen and oxygen atoms in total. The molecule has 0 spiro atoms. The number of pyridine rings is 1. The van der Waals surface area contributed by atoms with Crippen LogP contribution in [0.4, 0.5) is 4.39 Å². The Morgan fingerprint density at radius 2 is 1.79 bits per heavy atom. The summed E-state index contributed by atoms with van der Waals surface area (Å²) in [5.41, 5.74) is 5.06. The van der Waals surface area contributed by atoms with Crippen LogP contribution in [0.5, 0.6) is 0 Å². The Hall–Kier alpha value is -2.42. The van der Waals surface area contributed by atoms with Crippen LogP contribution in [0.2, 0.25) is 0 Å². The number of imidazole rings is 1. The highest BCUT2D eigenvalue weighted by molar-refractivity contribution is 6.13. The number of nitrogens with zero attached hydrogens (tertiary/aromatic N) is 2. The molecule has 0 aliphatic heterocycles. The van der Waals surface area contributed by atoms with Crippen LogP contribution >= 0.6 is 0 Å². The second-order valence-corrected chi connectivity index (χ2v) is 8.94. The van der Waals surface area contributed by atoms with Gasteiger partial charge in [-0.3, -0.25) is 4.40 Å². The molecule has 0 saturated heterocycles. The summed E-state index contributed by atoms with van der Waals surface area (Å²) < 4.78 is 17.6. The number of hydrogen-bond acceptors (Lipinski definition) is 1. The number of halogens is 1. The zero-order valence-electron chi connectivity index (χ0n) is 17.1. The Balaban J connectivity index is 2.05. The number of aryl methyl sites for hydroxylation is 2. The lowest BCUT2D eigenvalue weighted by Crippen LogP contribution is -2.11. The van der Waals surface area contributed by atoms with E-state index < -0.39 is 5.67 Å². The van der Waals surface area contributed by atoms with Gasteiger partial charge in [-0.15, -0.1) is 0 Å². The largest absolute Gasteiger partial charge is 0.296 e. The third kappa shape index (κ3) is 2.48. The van der Waals surface area contributed by atoms with E-state index in [4.69, 9.17) is 4.98 Å². The minimum Gasteiger partial charge on any atom is -0.296 e. The SMILES string of the molecule is Cc1ccc2c3cccc(C(C)(C)F)c3c3nc(C)c(C4CCCC4)n3c2c1. The fourth-order valence-corrected chi connectivity index (χ4v) is 5.20. The van der Waals surface area contributed by atoms with E-state index in [1.54, 1.807) is 13.8 Å². The van der Waals surface area contributed by atoms with Gasteiger partial charge >= 0.3 is 0 Å². The van der Waals surface area contributed by atoms with E-state index in [0.29, 0.717) is 5.92 Å². The molecular weight excluding hydrogens is 347 g/mol. The van der Waals surface area contributed by atoms with Gasteiger partial charge in [0.05, 0.1) is 11.2 Å². The zero-order valence-corrected chi connectivity index (χ0v) is 17.1. The third-order valence-electron chi connectivity index (χ3n) is 6.45. The molecule has 2 aromatic heterocycles. The third-order valence-corrected chi connectivity index (χ3v) is 6.45. The average Bonchev–Trinajstić information content (AvgIpc) is 3.27. The summed E-state index contributed by atoms with van der Waals surface area (Å²) in [4.78, 5) is 5.04. The Kier molecular flexibility index (Phi) is 3.81. The molecule has 5 rings (SSSR count). The van der Waals surface area contributed by atoms with Crippen molar-refractivity contribution in [3.05, 3.63) is 58.9 Å². The van der Waals surface area contributed by atoms with Gasteiger partial charge in [0.15, 0.2) is 0 Å². The summed E-state index contributed by atoms with van der Waals surface area (Å²) in [6.07, 6.45) is 5.00. The first-order chi connectivity index (χ1) is 13.4. The van der Waals surface area contributed by atoms with Gasteiger partial charge in [-0.2, -0.15) is 0 Å². The molecule has 0 N–H and O–H groups in total. The predicted octanol–water partition coefficient (Wildman–Crippen LogP) is 7.12. The molecule has 4 aromatic rings. The van der Waals surface area contributed by atoms with E-state index in [1.165, 1.54) is 47.8 Å². The molecule has 2 heterocycles. The summed E-state index contributed by atoms with van der Waals surface area (Å²) in [7, 11) is 0. The lowest BCUT2D eigenvalue weighted by atomic mass is 9.92. The van der Waals surface area contributed by atoms with Crippen molar-refractivity contribution in [2.75, 3.05) is 0 Å². The van der Waals surface area contributed by atoms with Crippen LogP contribution in [0.1, 0.15) is 68.0 Å². The minimum absolute atomic E-state index is 0.543.